The normalized spacial score (nSPS) is 11.6. The molecule has 2 aromatic heterocycles. The number of aromatic nitrogens is 2. The first kappa shape index (κ1) is 33.9. The van der Waals surface area contributed by atoms with Gasteiger partial charge in [0.2, 0.25) is 0 Å². The number of rotatable bonds is 4. The number of pyridine rings is 2. The molecule has 0 aliphatic carbocycles. The average Bonchev–Trinajstić information content (AvgIpc) is 3.28. The lowest BCUT2D eigenvalue weighted by Gasteiger charge is -2.18. The number of hydrogen-bond donors (Lipinski definition) is 0. The molecule has 0 fully saturated rings. The van der Waals surface area contributed by atoms with Crippen molar-refractivity contribution in [2.45, 2.75) is 13.8 Å². The maximum absolute atomic E-state index is 4.56. The predicted molar refractivity (Wildman–Crippen MR) is 247 cm³/mol. The van der Waals surface area contributed by atoms with Crippen molar-refractivity contribution in [3.05, 3.63) is 206 Å². The Morgan fingerprint density at radius 2 is 0.517 bits per heavy atom. The Morgan fingerprint density at radius 1 is 0.276 bits per heavy atom. The van der Waals surface area contributed by atoms with E-state index < -0.39 is 0 Å². The van der Waals surface area contributed by atoms with E-state index in [2.05, 4.69) is 194 Å². The smallest absolute Gasteiger partial charge is 0.0347 e. The van der Waals surface area contributed by atoms with Gasteiger partial charge in [-0.1, -0.05) is 146 Å². The van der Waals surface area contributed by atoms with Crippen molar-refractivity contribution in [1.29, 1.82) is 0 Å². The summed E-state index contributed by atoms with van der Waals surface area (Å²) in [5.41, 5.74) is 12.6. The summed E-state index contributed by atoms with van der Waals surface area (Å²) in [5, 5.41) is 15.3. The van der Waals surface area contributed by atoms with E-state index in [0.717, 1.165) is 0 Å². The third-order valence-corrected chi connectivity index (χ3v) is 11.8. The molecule has 0 spiro atoms. The van der Waals surface area contributed by atoms with E-state index in [0.29, 0.717) is 0 Å². The van der Waals surface area contributed by atoms with Crippen LogP contribution in [0.4, 0.5) is 0 Å². The van der Waals surface area contributed by atoms with E-state index >= 15 is 0 Å². The maximum atomic E-state index is 4.56. The molecule has 0 atom stereocenters. The molecular formula is C56H38N2. The molecule has 58 heavy (non-hydrogen) atoms. The van der Waals surface area contributed by atoms with Crippen LogP contribution in [0, 0.1) is 13.8 Å². The lowest BCUT2D eigenvalue weighted by atomic mass is 9.85. The molecular weight excluding hydrogens is 701 g/mol. The second-order valence-corrected chi connectivity index (χ2v) is 15.6. The minimum atomic E-state index is 1.20. The van der Waals surface area contributed by atoms with Gasteiger partial charge in [0.1, 0.15) is 0 Å². The summed E-state index contributed by atoms with van der Waals surface area (Å²) in [6.45, 7) is 4.39. The van der Waals surface area contributed by atoms with Gasteiger partial charge >= 0.3 is 0 Å². The molecule has 2 nitrogen and oxygen atoms in total. The van der Waals surface area contributed by atoms with E-state index in [9.17, 15) is 0 Å². The molecule has 0 saturated carbocycles. The predicted octanol–water partition coefficient (Wildman–Crippen LogP) is 15.2. The van der Waals surface area contributed by atoms with Crippen molar-refractivity contribution in [2.24, 2.45) is 0 Å². The first-order valence-corrected chi connectivity index (χ1v) is 19.9. The molecule has 0 bridgehead atoms. The van der Waals surface area contributed by atoms with Gasteiger partial charge in [-0.2, -0.15) is 0 Å². The fourth-order valence-electron chi connectivity index (χ4n) is 9.32. The molecule has 12 rings (SSSR count). The van der Waals surface area contributed by atoms with Crippen molar-refractivity contribution in [1.82, 2.24) is 9.97 Å². The Morgan fingerprint density at radius 3 is 0.759 bits per heavy atom. The largest absolute Gasteiger partial charge is 0.263 e. The van der Waals surface area contributed by atoms with Crippen LogP contribution in [0.5, 0.6) is 0 Å². The van der Waals surface area contributed by atoms with Crippen LogP contribution in [-0.4, -0.2) is 9.97 Å². The number of nitrogens with zero attached hydrogens (tertiary/aromatic N) is 2. The molecule has 2 heterocycles. The van der Waals surface area contributed by atoms with Gasteiger partial charge in [0, 0.05) is 57.1 Å². The Labute approximate surface area is 337 Å². The van der Waals surface area contributed by atoms with Crippen molar-refractivity contribution >= 4 is 64.6 Å². The SMILES string of the molecule is Cc1cc2c(-c3ccccc3)cc3cncc4cc(-c5ccccc5)c(c1)c2c34.Cc1cc2c(-c3ccccc3)cc3cncc4cc(-c5ccccc5)c(c1)c2c34. The van der Waals surface area contributed by atoms with Crippen LogP contribution in [0.15, 0.2) is 195 Å². The second-order valence-electron chi connectivity index (χ2n) is 15.6. The van der Waals surface area contributed by atoms with Gasteiger partial charge in [0.05, 0.1) is 0 Å². The summed E-state index contributed by atoms with van der Waals surface area (Å²) in [4.78, 5) is 9.11. The first-order chi connectivity index (χ1) is 28.6. The van der Waals surface area contributed by atoms with Crippen LogP contribution in [0.2, 0.25) is 0 Å². The zero-order chi connectivity index (χ0) is 38.7. The lowest BCUT2D eigenvalue weighted by molar-refractivity contribution is 1.38. The van der Waals surface area contributed by atoms with Gasteiger partial charge in [-0.05, 0) is 126 Å². The Kier molecular flexibility index (Phi) is 7.97. The molecule has 2 heteroatoms. The summed E-state index contributed by atoms with van der Waals surface area (Å²) in [6.07, 6.45) is 7.98. The highest BCUT2D eigenvalue weighted by Crippen LogP contribution is 2.46. The topological polar surface area (TPSA) is 25.8 Å². The first-order valence-electron chi connectivity index (χ1n) is 19.9. The van der Waals surface area contributed by atoms with Crippen LogP contribution in [0.25, 0.3) is 109 Å². The molecule has 0 aliphatic rings. The molecule has 0 amide bonds. The maximum Gasteiger partial charge on any atom is 0.0347 e. The molecule has 0 radical (unpaired) electrons. The summed E-state index contributed by atoms with van der Waals surface area (Å²) in [5.74, 6) is 0. The molecule has 0 unspecified atom stereocenters. The zero-order valence-electron chi connectivity index (χ0n) is 32.4. The highest BCUT2D eigenvalue weighted by molar-refractivity contribution is 6.30. The van der Waals surface area contributed by atoms with Gasteiger partial charge in [-0.25, -0.2) is 0 Å². The number of benzene rings is 10. The number of hydrogen-bond acceptors (Lipinski definition) is 2. The van der Waals surface area contributed by atoms with E-state index in [1.54, 1.807) is 0 Å². The summed E-state index contributed by atoms with van der Waals surface area (Å²) in [6, 6.07) is 61.2. The van der Waals surface area contributed by atoms with E-state index in [-0.39, 0.29) is 0 Å². The van der Waals surface area contributed by atoms with Crippen molar-refractivity contribution in [3.63, 3.8) is 0 Å². The Balaban J connectivity index is 0.000000133. The molecule has 0 aliphatic heterocycles. The van der Waals surface area contributed by atoms with E-state index in [1.165, 1.54) is 120 Å². The van der Waals surface area contributed by atoms with Gasteiger partial charge in [-0.3, -0.25) is 9.97 Å². The van der Waals surface area contributed by atoms with Gasteiger partial charge in [0.15, 0.2) is 0 Å². The summed E-state index contributed by atoms with van der Waals surface area (Å²) < 4.78 is 0. The van der Waals surface area contributed by atoms with Crippen LogP contribution in [0.3, 0.4) is 0 Å². The van der Waals surface area contributed by atoms with Crippen LogP contribution in [-0.2, 0) is 0 Å². The standard InChI is InChI=1S/2C28H19N/c2*1-18-12-25-23(19-8-4-2-5-9-19)14-21-16-29-17-22-15-24(20-10-6-3-7-11-20)26(13-18)28(25)27(21)22/h2*2-17H,1H3. The molecule has 0 saturated heterocycles. The van der Waals surface area contributed by atoms with Crippen molar-refractivity contribution in [2.75, 3.05) is 0 Å². The second kappa shape index (κ2) is 13.7. The van der Waals surface area contributed by atoms with Gasteiger partial charge in [-0.15, -0.1) is 0 Å². The van der Waals surface area contributed by atoms with E-state index in [1.807, 2.05) is 24.8 Å². The van der Waals surface area contributed by atoms with Crippen molar-refractivity contribution in [3.8, 4) is 44.5 Å². The highest BCUT2D eigenvalue weighted by Gasteiger charge is 2.19. The third kappa shape index (κ3) is 5.56. The number of aryl methyl sites for hydroxylation is 2. The molecule has 12 aromatic rings. The summed E-state index contributed by atoms with van der Waals surface area (Å²) >= 11 is 0. The zero-order valence-corrected chi connectivity index (χ0v) is 32.4. The molecule has 10 aromatic carbocycles. The van der Waals surface area contributed by atoms with Crippen LogP contribution < -0.4 is 0 Å². The summed E-state index contributed by atoms with van der Waals surface area (Å²) in [7, 11) is 0. The Hall–Kier alpha value is -7.42. The highest BCUT2D eigenvalue weighted by atomic mass is 14.6. The average molecular weight is 739 g/mol. The molecule has 0 N–H and O–H groups in total. The molecule has 272 valence electrons. The minimum absolute atomic E-state index is 1.20. The Bertz CT molecular complexity index is 2980. The van der Waals surface area contributed by atoms with E-state index in [4.69, 9.17) is 0 Å². The quantitative estimate of drug-likeness (QED) is 0.168. The fraction of sp³-hybridized carbons (Fsp3) is 0.0357. The van der Waals surface area contributed by atoms with Gasteiger partial charge in [0.25, 0.3) is 0 Å². The lowest BCUT2D eigenvalue weighted by Crippen LogP contribution is -1.92. The van der Waals surface area contributed by atoms with Crippen molar-refractivity contribution < 1.29 is 0 Å². The third-order valence-electron chi connectivity index (χ3n) is 11.8. The fourth-order valence-corrected chi connectivity index (χ4v) is 9.32. The van der Waals surface area contributed by atoms with Crippen LogP contribution >= 0.6 is 0 Å². The van der Waals surface area contributed by atoms with Gasteiger partial charge < -0.3 is 0 Å². The minimum Gasteiger partial charge on any atom is -0.263 e. The van der Waals surface area contributed by atoms with Crippen LogP contribution in [0.1, 0.15) is 11.1 Å². The monoisotopic (exact) mass is 738 g/mol.